The lowest BCUT2D eigenvalue weighted by Crippen LogP contribution is -2.30. The van der Waals surface area contributed by atoms with Gasteiger partial charge in [0.1, 0.15) is 9.88 Å². The lowest BCUT2D eigenvalue weighted by molar-refractivity contribution is -0.135. The van der Waals surface area contributed by atoms with Crippen LogP contribution in [0.5, 0.6) is 0 Å². The summed E-state index contributed by atoms with van der Waals surface area (Å²) in [5.74, 6) is -0.520. The fraction of sp³-hybridized carbons (Fsp3) is 0.500. The number of alkyl halides is 3. The summed E-state index contributed by atoms with van der Waals surface area (Å²) in [7, 11) is 1.28. The number of halogens is 3. The maximum Gasteiger partial charge on any atom is 0.425 e. The maximum atomic E-state index is 13.5. The number of fused-ring (bicyclic) bond motifs is 2. The van der Waals surface area contributed by atoms with Crippen molar-refractivity contribution in [3.8, 4) is 0 Å². The second-order valence-corrected chi connectivity index (χ2v) is 9.66. The first-order valence-electron chi connectivity index (χ1n) is 9.98. The van der Waals surface area contributed by atoms with Crippen LogP contribution in [0.25, 0.3) is 0 Å². The Bertz CT molecular complexity index is 1010. The number of carbonyl (C=O) groups excluding carboxylic acids is 2. The number of esters is 1. The first kappa shape index (κ1) is 22.1. The number of thiophene rings is 2. The van der Waals surface area contributed by atoms with Crippen molar-refractivity contribution in [1.82, 2.24) is 10.6 Å². The van der Waals surface area contributed by atoms with E-state index in [2.05, 4.69) is 16.0 Å². The number of nitrogens with one attached hydrogen (secondary N) is 3. The van der Waals surface area contributed by atoms with Crippen molar-refractivity contribution in [2.24, 2.45) is 0 Å². The first-order valence-corrected chi connectivity index (χ1v) is 11.6. The zero-order chi connectivity index (χ0) is 22.2. The molecule has 0 radical (unpaired) electrons. The summed E-state index contributed by atoms with van der Waals surface area (Å²) in [4.78, 5) is 25.9. The van der Waals surface area contributed by atoms with E-state index in [9.17, 15) is 22.8 Å². The molecule has 3 N–H and O–H groups in total. The monoisotopic (exact) mass is 473 g/mol. The fourth-order valence-electron chi connectivity index (χ4n) is 4.10. The second kappa shape index (κ2) is 8.79. The van der Waals surface area contributed by atoms with Gasteiger partial charge in [-0.05, 0) is 55.3 Å². The number of anilines is 1. The van der Waals surface area contributed by atoms with Gasteiger partial charge in [-0.2, -0.15) is 13.2 Å². The molecule has 0 atom stereocenters. The second-order valence-electron chi connectivity index (χ2n) is 7.45. The van der Waals surface area contributed by atoms with Gasteiger partial charge in [-0.25, -0.2) is 9.59 Å². The number of methoxy groups -OCH3 is 1. The molecular formula is C20H22F3N3O3S2. The van der Waals surface area contributed by atoms with Crippen molar-refractivity contribution in [3.05, 3.63) is 36.9 Å². The Balaban J connectivity index is 1.53. The van der Waals surface area contributed by atoms with Crippen LogP contribution in [-0.4, -0.2) is 25.7 Å². The third-order valence-electron chi connectivity index (χ3n) is 5.51. The molecule has 0 saturated heterocycles. The minimum absolute atomic E-state index is 0.128. The highest BCUT2D eigenvalue weighted by molar-refractivity contribution is 7.17. The Morgan fingerprint density at radius 1 is 1.10 bits per heavy atom. The summed E-state index contributed by atoms with van der Waals surface area (Å²) < 4.78 is 45.5. The van der Waals surface area contributed by atoms with E-state index in [1.807, 2.05) is 0 Å². The van der Waals surface area contributed by atoms with Gasteiger partial charge in [-0.3, -0.25) is 5.32 Å². The van der Waals surface area contributed by atoms with Gasteiger partial charge in [0, 0.05) is 22.8 Å². The number of urea groups is 1. The standard InChI is InChI=1S/C20H22F3N3O3S2/c1-29-18(27)15-11-4-2-3-5-13(11)31-17(15)26-19(28)25-8-12-10-6-7-24-9-14(10)30-16(12)20(21,22)23/h24H,2-9H2,1H3,(H2,25,26,28). The van der Waals surface area contributed by atoms with Crippen LogP contribution < -0.4 is 16.0 Å². The Morgan fingerprint density at radius 3 is 2.61 bits per heavy atom. The van der Waals surface area contributed by atoms with Gasteiger partial charge >= 0.3 is 18.2 Å². The predicted molar refractivity (Wildman–Crippen MR) is 113 cm³/mol. The van der Waals surface area contributed by atoms with Crippen molar-refractivity contribution in [2.45, 2.75) is 51.4 Å². The van der Waals surface area contributed by atoms with Crippen LogP contribution in [0.15, 0.2) is 0 Å². The van der Waals surface area contributed by atoms with E-state index in [0.29, 0.717) is 40.5 Å². The lowest BCUT2D eigenvalue weighted by atomic mass is 9.95. The van der Waals surface area contributed by atoms with Crippen LogP contribution in [-0.2, 0) is 43.3 Å². The molecule has 2 aromatic heterocycles. The summed E-state index contributed by atoms with van der Waals surface area (Å²) in [5, 5.41) is 8.67. The van der Waals surface area contributed by atoms with E-state index in [0.717, 1.165) is 47.5 Å². The quantitative estimate of drug-likeness (QED) is 0.573. The van der Waals surface area contributed by atoms with E-state index in [4.69, 9.17) is 4.74 Å². The average molecular weight is 474 g/mol. The number of hydrogen-bond acceptors (Lipinski definition) is 6. The summed E-state index contributed by atoms with van der Waals surface area (Å²) in [5.41, 5.74) is 2.05. The maximum absolute atomic E-state index is 13.5. The number of hydrogen-bond donors (Lipinski definition) is 3. The molecule has 3 heterocycles. The molecule has 11 heteroatoms. The molecular weight excluding hydrogens is 451 g/mol. The minimum Gasteiger partial charge on any atom is -0.465 e. The van der Waals surface area contributed by atoms with E-state index >= 15 is 0 Å². The fourth-order valence-corrected chi connectivity index (χ4v) is 6.58. The molecule has 6 nitrogen and oxygen atoms in total. The highest BCUT2D eigenvalue weighted by atomic mass is 32.1. The van der Waals surface area contributed by atoms with E-state index < -0.39 is 23.1 Å². The highest BCUT2D eigenvalue weighted by Crippen LogP contribution is 2.42. The number of rotatable bonds is 4. The molecule has 31 heavy (non-hydrogen) atoms. The Labute approximate surface area is 185 Å². The molecule has 0 spiro atoms. The summed E-state index contributed by atoms with van der Waals surface area (Å²) in [6, 6.07) is -0.647. The highest BCUT2D eigenvalue weighted by Gasteiger charge is 2.38. The van der Waals surface area contributed by atoms with Gasteiger partial charge in [0.2, 0.25) is 0 Å². The molecule has 1 aliphatic heterocycles. The van der Waals surface area contributed by atoms with Gasteiger partial charge in [0.05, 0.1) is 12.7 Å². The molecule has 0 aromatic carbocycles. The van der Waals surface area contributed by atoms with E-state index in [-0.39, 0.29) is 12.1 Å². The van der Waals surface area contributed by atoms with Crippen LogP contribution in [0.1, 0.15) is 54.5 Å². The summed E-state index contributed by atoms with van der Waals surface area (Å²) >= 11 is 2.06. The molecule has 4 rings (SSSR count). The van der Waals surface area contributed by atoms with Crippen molar-refractivity contribution in [2.75, 3.05) is 19.0 Å². The van der Waals surface area contributed by atoms with Crippen molar-refractivity contribution < 1.29 is 27.5 Å². The third-order valence-corrected chi connectivity index (χ3v) is 8.03. The van der Waals surface area contributed by atoms with Crippen molar-refractivity contribution in [1.29, 1.82) is 0 Å². The number of amides is 2. The minimum atomic E-state index is -4.47. The predicted octanol–water partition coefficient (Wildman–Crippen LogP) is 4.46. The normalized spacial score (nSPS) is 15.7. The lowest BCUT2D eigenvalue weighted by Gasteiger charge is -2.15. The molecule has 0 fully saturated rings. The Morgan fingerprint density at radius 2 is 1.87 bits per heavy atom. The summed E-state index contributed by atoms with van der Waals surface area (Å²) in [6.07, 6.45) is -0.443. The van der Waals surface area contributed by atoms with Crippen LogP contribution in [0.3, 0.4) is 0 Å². The molecule has 0 bridgehead atoms. The van der Waals surface area contributed by atoms with Crippen LogP contribution in [0.4, 0.5) is 23.0 Å². The van der Waals surface area contributed by atoms with Crippen LogP contribution >= 0.6 is 22.7 Å². The van der Waals surface area contributed by atoms with Crippen LogP contribution in [0, 0.1) is 0 Å². The van der Waals surface area contributed by atoms with Gasteiger partial charge in [-0.1, -0.05) is 0 Å². The SMILES string of the molecule is COC(=O)c1c(NC(=O)NCc2c(C(F)(F)F)sc3c2CCNC3)sc2c1CCCC2. The van der Waals surface area contributed by atoms with Gasteiger partial charge in [0.15, 0.2) is 0 Å². The molecule has 0 unspecified atom stereocenters. The molecule has 2 amide bonds. The van der Waals surface area contributed by atoms with E-state index in [1.54, 1.807) is 0 Å². The number of aryl methyl sites for hydroxylation is 1. The van der Waals surface area contributed by atoms with Crippen molar-refractivity contribution >= 4 is 39.7 Å². The Kier molecular flexibility index (Phi) is 6.27. The van der Waals surface area contributed by atoms with E-state index in [1.165, 1.54) is 18.4 Å². The van der Waals surface area contributed by atoms with Crippen molar-refractivity contribution in [3.63, 3.8) is 0 Å². The molecule has 0 saturated carbocycles. The topological polar surface area (TPSA) is 79.5 Å². The third kappa shape index (κ3) is 4.44. The Hall–Kier alpha value is -2.11. The smallest absolute Gasteiger partial charge is 0.425 e. The first-order chi connectivity index (χ1) is 14.8. The summed E-state index contributed by atoms with van der Waals surface area (Å²) in [6.45, 7) is 0.771. The van der Waals surface area contributed by atoms with Gasteiger partial charge < -0.3 is 15.4 Å². The molecule has 1 aliphatic carbocycles. The largest absolute Gasteiger partial charge is 0.465 e. The molecule has 2 aliphatic rings. The zero-order valence-electron chi connectivity index (χ0n) is 16.8. The number of carbonyl (C=O) groups is 2. The average Bonchev–Trinajstić information content (AvgIpc) is 3.29. The number of ether oxygens (including phenoxy) is 1. The molecule has 168 valence electrons. The zero-order valence-corrected chi connectivity index (χ0v) is 18.5. The molecule has 2 aromatic rings. The van der Waals surface area contributed by atoms with Gasteiger partial charge in [0.25, 0.3) is 0 Å². The van der Waals surface area contributed by atoms with Crippen LogP contribution in [0.2, 0.25) is 0 Å². The van der Waals surface area contributed by atoms with Gasteiger partial charge in [-0.15, -0.1) is 22.7 Å².